The van der Waals surface area contributed by atoms with E-state index in [-0.39, 0.29) is 5.69 Å². The summed E-state index contributed by atoms with van der Waals surface area (Å²) in [6, 6.07) is 20.2. The normalized spacial score (nSPS) is 11.5. The lowest BCUT2D eigenvalue weighted by Gasteiger charge is -2.12. The summed E-state index contributed by atoms with van der Waals surface area (Å²) in [6.45, 7) is 0. The first kappa shape index (κ1) is 19.9. The summed E-state index contributed by atoms with van der Waals surface area (Å²) < 4.78 is 38.9. The van der Waals surface area contributed by atoms with Gasteiger partial charge in [-0.2, -0.15) is 13.2 Å². The number of aromatic nitrogens is 1. The highest BCUT2D eigenvalue weighted by atomic mass is 35.5. The van der Waals surface area contributed by atoms with E-state index in [0.29, 0.717) is 27.2 Å². The van der Waals surface area contributed by atoms with Crippen LogP contribution >= 0.6 is 11.6 Å². The van der Waals surface area contributed by atoms with Crippen molar-refractivity contribution in [2.24, 2.45) is 0 Å². The molecule has 0 fully saturated rings. The third-order valence-electron chi connectivity index (χ3n) is 4.55. The molecule has 4 aromatic rings. The zero-order chi connectivity index (χ0) is 21.3. The topological polar surface area (TPSA) is 42.0 Å². The van der Waals surface area contributed by atoms with Crippen molar-refractivity contribution < 1.29 is 18.0 Å². The molecule has 1 N–H and O–H groups in total. The van der Waals surface area contributed by atoms with Crippen LogP contribution in [0, 0.1) is 0 Å². The van der Waals surface area contributed by atoms with Crippen molar-refractivity contribution in [2.45, 2.75) is 6.18 Å². The number of nitrogens with zero attached hydrogens (tertiary/aromatic N) is 1. The molecule has 3 nitrogen and oxygen atoms in total. The minimum atomic E-state index is -4.49. The van der Waals surface area contributed by atoms with Crippen molar-refractivity contribution in [1.82, 2.24) is 4.98 Å². The number of benzene rings is 3. The number of fused-ring (bicyclic) bond motifs is 1. The average molecular weight is 427 g/mol. The zero-order valence-electron chi connectivity index (χ0n) is 15.4. The van der Waals surface area contributed by atoms with Gasteiger partial charge < -0.3 is 5.32 Å². The van der Waals surface area contributed by atoms with Crippen LogP contribution in [0.5, 0.6) is 0 Å². The van der Waals surface area contributed by atoms with Crippen LogP contribution in [0.15, 0.2) is 78.9 Å². The number of halogens is 4. The number of alkyl halides is 3. The van der Waals surface area contributed by atoms with Crippen molar-refractivity contribution in [1.29, 1.82) is 0 Å². The Balaban J connectivity index is 1.76. The van der Waals surface area contributed by atoms with Crippen LogP contribution in [0.2, 0.25) is 5.02 Å². The predicted molar refractivity (Wildman–Crippen MR) is 112 cm³/mol. The molecule has 0 saturated heterocycles. The first-order chi connectivity index (χ1) is 14.3. The summed E-state index contributed by atoms with van der Waals surface area (Å²) in [5, 5.41) is 3.73. The summed E-state index contributed by atoms with van der Waals surface area (Å²) in [4.78, 5) is 17.6. The van der Waals surface area contributed by atoms with Crippen molar-refractivity contribution in [2.75, 3.05) is 5.32 Å². The Morgan fingerprint density at radius 1 is 0.900 bits per heavy atom. The number of para-hydroxylation sites is 1. The van der Waals surface area contributed by atoms with Crippen molar-refractivity contribution in [3.63, 3.8) is 0 Å². The van der Waals surface area contributed by atoms with Crippen LogP contribution < -0.4 is 5.32 Å². The van der Waals surface area contributed by atoms with Gasteiger partial charge in [-0.25, -0.2) is 4.98 Å². The molecule has 0 radical (unpaired) electrons. The van der Waals surface area contributed by atoms with E-state index in [0.717, 1.165) is 17.7 Å². The fraction of sp³-hybridized carbons (Fsp3) is 0.0435. The highest BCUT2D eigenvalue weighted by molar-refractivity contribution is 6.30. The number of rotatable bonds is 3. The van der Waals surface area contributed by atoms with E-state index in [2.05, 4.69) is 10.3 Å². The Kier molecular flexibility index (Phi) is 5.18. The first-order valence-corrected chi connectivity index (χ1v) is 9.33. The minimum Gasteiger partial charge on any atom is -0.322 e. The lowest BCUT2D eigenvalue weighted by atomic mass is 10.0. The number of anilines is 1. The number of hydrogen-bond acceptors (Lipinski definition) is 2. The van der Waals surface area contributed by atoms with Gasteiger partial charge >= 0.3 is 6.18 Å². The fourth-order valence-corrected chi connectivity index (χ4v) is 3.23. The molecular formula is C23H14ClF3N2O. The molecule has 0 aliphatic rings. The van der Waals surface area contributed by atoms with Crippen LogP contribution in [0.4, 0.5) is 18.9 Å². The standard InChI is InChI=1S/C23H14ClF3N2O/c24-16-10-8-14(9-11-16)21-13-19(18-6-1-2-7-20(18)29-21)22(30)28-17-5-3-4-15(12-17)23(25,26)27/h1-13H,(H,28,30). The second-order valence-electron chi connectivity index (χ2n) is 6.61. The van der Waals surface area contributed by atoms with E-state index in [9.17, 15) is 18.0 Å². The fourth-order valence-electron chi connectivity index (χ4n) is 3.10. The molecular weight excluding hydrogens is 413 g/mol. The lowest BCUT2D eigenvalue weighted by Crippen LogP contribution is -2.14. The minimum absolute atomic E-state index is 0.0590. The SMILES string of the molecule is O=C(Nc1cccc(C(F)(F)F)c1)c1cc(-c2ccc(Cl)cc2)nc2ccccc12. The molecule has 4 rings (SSSR count). The van der Waals surface area contributed by atoms with Crippen LogP contribution in [0.25, 0.3) is 22.2 Å². The Bertz CT molecular complexity index is 1240. The van der Waals surface area contributed by atoms with Gasteiger partial charge in [-0.3, -0.25) is 4.79 Å². The zero-order valence-corrected chi connectivity index (χ0v) is 16.1. The Hall–Kier alpha value is -3.38. The third kappa shape index (κ3) is 4.14. The number of amides is 1. The molecule has 0 saturated carbocycles. The summed E-state index contributed by atoms with van der Waals surface area (Å²) in [5.74, 6) is -0.525. The highest BCUT2D eigenvalue weighted by Gasteiger charge is 2.30. The van der Waals surface area contributed by atoms with Gasteiger partial charge in [0, 0.05) is 21.7 Å². The molecule has 0 aliphatic heterocycles. The maximum Gasteiger partial charge on any atom is 0.416 e. The number of hydrogen-bond donors (Lipinski definition) is 1. The molecule has 0 spiro atoms. The van der Waals surface area contributed by atoms with Gasteiger partial charge in [0.25, 0.3) is 5.91 Å². The Labute approximate surface area is 175 Å². The molecule has 1 amide bonds. The van der Waals surface area contributed by atoms with E-state index in [4.69, 9.17) is 11.6 Å². The van der Waals surface area contributed by atoms with Gasteiger partial charge in [0.15, 0.2) is 0 Å². The van der Waals surface area contributed by atoms with E-state index in [1.807, 2.05) is 0 Å². The Morgan fingerprint density at radius 3 is 2.37 bits per heavy atom. The molecule has 0 unspecified atom stereocenters. The Morgan fingerprint density at radius 2 is 1.63 bits per heavy atom. The van der Waals surface area contributed by atoms with E-state index in [1.165, 1.54) is 12.1 Å². The van der Waals surface area contributed by atoms with Gasteiger partial charge in [0.2, 0.25) is 0 Å². The largest absolute Gasteiger partial charge is 0.416 e. The molecule has 7 heteroatoms. The average Bonchev–Trinajstić information content (AvgIpc) is 2.73. The number of carbonyl (C=O) groups excluding carboxylic acids is 1. The molecule has 0 aliphatic carbocycles. The second kappa shape index (κ2) is 7.80. The maximum absolute atomic E-state index is 13.0. The summed E-state index contributed by atoms with van der Waals surface area (Å²) in [6.07, 6.45) is -4.49. The maximum atomic E-state index is 13.0. The number of carbonyl (C=O) groups is 1. The monoisotopic (exact) mass is 426 g/mol. The quantitative estimate of drug-likeness (QED) is 0.390. The molecule has 1 heterocycles. The van der Waals surface area contributed by atoms with E-state index < -0.39 is 17.6 Å². The van der Waals surface area contributed by atoms with E-state index >= 15 is 0 Å². The third-order valence-corrected chi connectivity index (χ3v) is 4.80. The van der Waals surface area contributed by atoms with Crippen LogP contribution in [0.3, 0.4) is 0 Å². The van der Waals surface area contributed by atoms with Gasteiger partial charge in [0.1, 0.15) is 0 Å². The molecule has 150 valence electrons. The van der Waals surface area contributed by atoms with Crippen molar-refractivity contribution >= 4 is 34.1 Å². The van der Waals surface area contributed by atoms with E-state index in [1.54, 1.807) is 54.6 Å². The summed E-state index contributed by atoms with van der Waals surface area (Å²) in [5.41, 5.74) is 1.45. The van der Waals surface area contributed by atoms with Gasteiger partial charge in [-0.1, -0.05) is 48.0 Å². The lowest BCUT2D eigenvalue weighted by molar-refractivity contribution is -0.137. The molecule has 30 heavy (non-hydrogen) atoms. The predicted octanol–water partition coefficient (Wildman–Crippen LogP) is 6.83. The summed E-state index contributed by atoms with van der Waals surface area (Å²) in [7, 11) is 0. The smallest absolute Gasteiger partial charge is 0.322 e. The van der Waals surface area contributed by atoms with Crippen molar-refractivity contribution in [3.05, 3.63) is 95.0 Å². The van der Waals surface area contributed by atoms with Gasteiger partial charge in [0.05, 0.1) is 22.3 Å². The highest BCUT2D eigenvalue weighted by Crippen LogP contribution is 2.31. The second-order valence-corrected chi connectivity index (χ2v) is 7.05. The molecule has 0 bridgehead atoms. The number of pyridine rings is 1. The first-order valence-electron chi connectivity index (χ1n) is 8.95. The van der Waals surface area contributed by atoms with Gasteiger partial charge in [-0.05, 0) is 42.5 Å². The van der Waals surface area contributed by atoms with Gasteiger partial charge in [-0.15, -0.1) is 0 Å². The molecule has 3 aromatic carbocycles. The van der Waals surface area contributed by atoms with Crippen LogP contribution in [-0.2, 0) is 6.18 Å². The van der Waals surface area contributed by atoms with Crippen LogP contribution in [0.1, 0.15) is 15.9 Å². The summed E-state index contributed by atoms with van der Waals surface area (Å²) >= 11 is 5.95. The van der Waals surface area contributed by atoms with Crippen LogP contribution in [-0.4, -0.2) is 10.9 Å². The molecule has 0 atom stereocenters. The number of nitrogens with one attached hydrogen (secondary N) is 1. The molecule has 1 aromatic heterocycles. The van der Waals surface area contributed by atoms with Crippen molar-refractivity contribution in [3.8, 4) is 11.3 Å².